The third kappa shape index (κ3) is 7.30. The first-order chi connectivity index (χ1) is 18.8. The first-order valence-electron chi connectivity index (χ1n) is 12.3. The van der Waals surface area contributed by atoms with Crippen molar-refractivity contribution in [2.24, 2.45) is 5.73 Å². The SMILES string of the molecule is COc1ccccc1CCN(CC(=O)NCc1ccc(CN)cc1)S(=O)(=O)c1ccc(-c2ccc(F)cc2)s1. The van der Waals surface area contributed by atoms with Crippen LogP contribution in [0.15, 0.2) is 89.1 Å². The van der Waals surface area contributed by atoms with E-state index in [0.29, 0.717) is 29.2 Å². The van der Waals surface area contributed by atoms with Crippen molar-refractivity contribution in [3.05, 3.63) is 107 Å². The number of rotatable bonds is 12. The number of amides is 1. The van der Waals surface area contributed by atoms with Gasteiger partial charge < -0.3 is 15.8 Å². The van der Waals surface area contributed by atoms with E-state index in [1.807, 2.05) is 48.5 Å². The topological polar surface area (TPSA) is 102 Å². The molecule has 1 amide bonds. The maximum absolute atomic E-state index is 13.7. The molecule has 7 nitrogen and oxygen atoms in total. The monoisotopic (exact) mass is 567 g/mol. The second kappa shape index (κ2) is 13.0. The van der Waals surface area contributed by atoms with Gasteiger partial charge in [-0.05, 0) is 59.0 Å². The van der Waals surface area contributed by atoms with E-state index in [4.69, 9.17) is 10.5 Å². The zero-order chi connectivity index (χ0) is 27.8. The van der Waals surface area contributed by atoms with E-state index < -0.39 is 15.9 Å². The summed E-state index contributed by atoms with van der Waals surface area (Å²) in [5.41, 5.74) is 9.04. The summed E-state index contributed by atoms with van der Waals surface area (Å²) in [7, 11) is -2.45. The van der Waals surface area contributed by atoms with Gasteiger partial charge in [-0.3, -0.25) is 4.79 Å². The number of benzene rings is 3. The Bertz CT molecular complexity index is 1500. The van der Waals surface area contributed by atoms with Crippen molar-refractivity contribution in [3.63, 3.8) is 0 Å². The number of nitrogens with one attached hydrogen (secondary N) is 1. The molecule has 0 radical (unpaired) electrons. The number of carbonyl (C=O) groups excluding carboxylic acids is 1. The van der Waals surface area contributed by atoms with E-state index >= 15 is 0 Å². The molecule has 0 spiro atoms. The predicted octanol–water partition coefficient (Wildman–Crippen LogP) is 4.57. The van der Waals surface area contributed by atoms with Crippen LogP contribution in [0.4, 0.5) is 4.39 Å². The quantitative estimate of drug-likeness (QED) is 0.261. The van der Waals surface area contributed by atoms with Crippen molar-refractivity contribution in [2.75, 3.05) is 20.2 Å². The average molecular weight is 568 g/mol. The number of hydrogen-bond donors (Lipinski definition) is 2. The number of ether oxygens (including phenoxy) is 1. The Balaban J connectivity index is 1.53. The van der Waals surface area contributed by atoms with Gasteiger partial charge in [0.15, 0.2) is 0 Å². The third-order valence-electron chi connectivity index (χ3n) is 6.20. The molecule has 0 atom stereocenters. The summed E-state index contributed by atoms with van der Waals surface area (Å²) >= 11 is 1.08. The molecule has 0 bridgehead atoms. The number of carbonyl (C=O) groups is 1. The Morgan fingerprint density at radius 1 is 0.974 bits per heavy atom. The zero-order valence-electron chi connectivity index (χ0n) is 21.5. The molecular formula is C29H30FN3O4S2. The van der Waals surface area contributed by atoms with E-state index in [9.17, 15) is 17.6 Å². The van der Waals surface area contributed by atoms with E-state index in [0.717, 1.165) is 28.0 Å². The van der Waals surface area contributed by atoms with Crippen molar-refractivity contribution in [1.29, 1.82) is 0 Å². The van der Waals surface area contributed by atoms with Crippen molar-refractivity contribution >= 4 is 27.3 Å². The third-order valence-corrected chi connectivity index (χ3v) is 9.64. The lowest BCUT2D eigenvalue weighted by atomic mass is 10.1. The molecule has 10 heteroatoms. The minimum Gasteiger partial charge on any atom is -0.496 e. The lowest BCUT2D eigenvalue weighted by molar-refractivity contribution is -0.121. The summed E-state index contributed by atoms with van der Waals surface area (Å²) in [6.45, 7) is 0.419. The number of methoxy groups -OCH3 is 1. The van der Waals surface area contributed by atoms with Gasteiger partial charge in [0.05, 0.1) is 13.7 Å². The lowest BCUT2D eigenvalue weighted by Crippen LogP contribution is -2.41. The first kappa shape index (κ1) is 28.4. The number of thiophene rings is 1. The van der Waals surface area contributed by atoms with Crippen LogP contribution < -0.4 is 15.8 Å². The summed E-state index contributed by atoms with van der Waals surface area (Å²) in [4.78, 5) is 13.6. The number of sulfonamides is 1. The number of hydrogen-bond acceptors (Lipinski definition) is 6. The first-order valence-corrected chi connectivity index (χ1v) is 14.6. The highest BCUT2D eigenvalue weighted by Crippen LogP contribution is 2.32. The van der Waals surface area contributed by atoms with Gasteiger partial charge in [0.25, 0.3) is 10.0 Å². The molecule has 39 heavy (non-hydrogen) atoms. The van der Waals surface area contributed by atoms with Crippen LogP contribution in [-0.2, 0) is 34.3 Å². The molecule has 3 aromatic carbocycles. The second-order valence-electron chi connectivity index (χ2n) is 8.82. The maximum atomic E-state index is 13.7. The van der Waals surface area contributed by atoms with Crippen molar-refractivity contribution < 1.29 is 22.3 Å². The molecule has 0 aliphatic heterocycles. The van der Waals surface area contributed by atoms with Crippen molar-refractivity contribution in [3.8, 4) is 16.2 Å². The van der Waals surface area contributed by atoms with Crippen LogP contribution in [0.1, 0.15) is 16.7 Å². The summed E-state index contributed by atoms with van der Waals surface area (Å²) in [5.74, 6) is -0.140. The van der Waals surface area contributed by atoms with Crippen LogP contribution in [0, 0.1) is 5.82 Å². The zero-order valence-corrected chi connectivity index (χ0v) is 23.1. The normalized spacial score (nSPS) is 11.5. The van der Waals surface area contributed by atoms with E-state index in [1.54, 1.807) is 25.3 Å². The van der Waals surface area contributed by atoms with Crippen LogP contribution in [-0.4, -0.2) is 38.8 Å². The molecule has 4 aromatic rings. The van der Waals surface area contributed by atoms with Gasteiger partial charge in [-0.2, -0.15) is 4.31 Å². The highest BCUT2D eigenvalue weighted by Gasteiger charge is 2.28. The Kier molecular flexibility index (Phi) is 9.47. The standard InChI is InChI=1S/C29H30FN3O4S2/c1-37-26-5-3-2-4-23(26)16-17-33(20-28(34)32-19-22-8-6-21(18-31)7-9-22)39(35,36)29-15-14-27(38-29)24-10-12-25(30)13-11-24/h2-15H,16-20,31H2,1H3,(H,32,34). The van der Waals surface area contributed by atoms with Gasteiger partial charge in [0.2, 0.25) is 5.91 Å². The summed E-state index contributed by atoms with van der Waals surface area (Å²) in [5, 5.41) is 2.81. The van der Waals surface area contributed by atoms with Crippen LogP contribution in [0.25, 0.3) is 10.4 Å². The molecule has 3 N–H and O–H groups in total. The highest BCUT2D eigenvalue weighted by molar-refractivity contribution is 7.91. The minimum absolute atomic E-state index is 0.0745. The smallest absolute Gasteiger partial charge is 0.253 e. The fraction of sp³-hybridized carbons (Fsp3) is 0.207. The predicted molar refractivity (Wildman–Crippen MR) is 151 cm³/mol. The number of nitrogens with zero attached hydrogens (tertiary/aromatic N) is 1. The van der Waals surface area contributed by atoms with Gasteiger partial charge in [-0.1, -0.05) is 54.6 Å². The summed E-state index contributed by atoms with van der Waals surface area (Å²) in [6.07, 6.45) is 0.354. The number of nitrogens with two attached hydrogens (primary N) is 1. The molecule has 0 saturated carbocycles. The molecular weight excluding hydrogens is 537 g/mol. The van der Waals surface area contributed by atoms with Gasteiger partial charge in [0, 0.05) is 24.5 Å². The fourth-order valence-corrected chi connectivity index (χ4v) is 6.87. The number of para-hydroxylation sites is 1. The van der Waals surface area contributed by atoms with Gasteiger partial charge in [-0.25, -0.2) is 12.8 Å². The van der Waals surface area contributed by atoms with Crippen molar-refractivity contribution in [1.82, 2.24) is 9.62 Å². The Morgan fingerprint density at radius 3 is 2.36 bits per heavy atom. The van der Waals surface area contributed by atoms with E-state index in [2.05, 4.69) is 5.32 Å². The van der Waals surface area contributed by atoms with Crippen LogP contribution in [0.3, 0.4) is 0 Å². The minimum atomic E-state index is -4.01. The molecule has 0 aliphatic rings. The molecule has 1 heterocycles. The van der Waals surface area contributed by atoms with E-state index in [-0.39, 0.29) is 29.7 Å². The molecule has 4 rings (SSSR count). The molecule has 0 unspecified atom stereocenters. The van der Waals surface area contributed by atoms with Gasteiger partial charge in [-0.15, -0.1) is 11.3 Å². The van der Waals surface area contributed by atoms with Crippen LogP contribution in [0.2, 0.25) is 0 Å². The average Bonchev–Trinajstić information content (AvgIpc) is 3.46. The summed E-state index contributed by atoms with van der Waals surface area (Å²) < 4.78 is 47.5. The maximum Gasteiger partial charge on any atom is 0.253 e. The lowest BCUT2D eigenvalue weighted by Gasteiger charge is -2.21. The Morgan fingerprint density at radius 2 is 1.67 bits per heavy atom. The summed E-state index contributed by atoms with van der Waals surface area (Å²) in [6, 6.07) is 24.0. The molecule has 0 fully saturated rings. The molecule has 1 aromatic heterocycles. The Hall–Kier alpha value is -3.57. The van der Waals surface area contributed by atoms with Gasteiger partial charge >= 0.3 is 0 Å². The Labute approximate surface area is 232 Å². The van der Waals surface area contributed by atoms with E-state index in [1.165, 1.54) is 22.5 Å². The largest absolute Gasteiger partial charge is 0.496 e. The molecule has 204 valence electrons. The molecule has 0 saturated heterocycles. The van der Waals surface area contributed by atoms with Gasteiger partial charge in [0.1, 0.15) is 15.8 Å². The van der Waals surface area contributed by atoms with Crippen molar-refractivity contribution in [2.45, 2.75) is 23.7 Å². The second-order valence-corrected chi connectivity index (χ2v) is 12.1. The van der Waals surface area contributed by atoms with Crippen LogP contribution >= 0.6 is 11.3 Å². The highest BCUT2D eigenvalue weighted by atomic mass is 32.2. The molecule has 0 aliphatic carbocycles. The fourth-order valence-electron chi connectivity index (χ4n) is 4.00. The van der Waals surface area contributed by atoms with Crippen LogP contribution in [0.5, 0.6) is 5.75 Å². The number of halogens is 1.